The van der Waals surface area contributed by atoms with Gasteiger partial charge in [0.15, 0.2) is 34.6 Å². The molecule has 32 nitrogen and oxygen atoms in total. The van der Waals surface area contributed by atoms with Gasteiger partial charge >= 0.3 is 116 Å². The van der Waals surface area contributed by atoms with Gasteiger partial charge in [-0.25, -0.2) is 14.8 Å². The molecule has 0 aliphatic heterocycles. The summed E-state index contributed by atoms with van der Waals surface area (Å²) >= 11 is 0. The number of anilines is 2. The first-order valence-electron chi connectivity index (χ1n) is 16.8. The normalized spacial score (nSPS) is 10.5. The second-order valence-electron chi connectivity index (χ2n) is 12.0. The van der Waals surface area contributed by atoms with Crippen molar-refractivity contribution in [3.8, 4) is 35.4 Å². The molecule has 0 spiro atoms. The minimum atomic E-state index is -4.85. The average Bonchev–Trinajstić information content (AvgIpc) is 4.00. The summed E-state index contributed by atoms with van der Waals surface area (Å²) in [6.07, 6.45) is 2.28. The standard InChI is InChI=1S/C31H21N19O7S2.5Li.2O3S/c1-15-23(41-43-27-17(12-32)13-36-47(27)18-6-4-8-20(10-18)58(52,53)54)25(33)49(45-15)29-38-30(40-31(51)39-29)50-26(34)24(16(2)46-50)42-44-28-22(35-3)14-37-48(28)19-7-5-9-21(11-19)59(55,56)57;;;;;;2*1-4(2)3/h6-11,13-14H,33-34H2,1-2H3,(H,52,53,54)(H,55,56,57)(H,38,39,40,51);;;;;;;/q-2;5*+1;;/p-3. The second-order valence-corrected chi connectivity index (χ2v) is 15.6. The summed E-state index contributed by atoms with van der Waals surface area (Å²) in [7, 11) is -15.9. The van der Waals surface area contributed by atoms with Crippen LogP contribution in [0.4, 0.5) is 40.3 Å². The summed E-state index contributed by atoms with van der Waals surface area (Å²) in [6.45, 7) is 10.5. The van der Waals surface area contributed by atoms with Gasteiger partial charge in [-0.3, -0.25) is 26.2 Å². The summed E-state index contributed by atoms with van der Waals surface area (Å²) in [5.74, 6) is -1.62. The molecule has 2 aromatic carbocycles. The predicted octanol–water partition coefficient (Wildman–Crippen LogP) is -14.9. The van der Waals surface area contributed by atoms with Gasteiger partial charge in [-0.05, 0) is 25.2 Å². The molecule has 0 saturated carbocycles. The average molecular weight is 1030 g/mol. The van der Waals surface area contributed by atoms with E-state index in [1.54, 1.807) is 0 Å². The fourth-order valence-corrected chi connectivity index (χ4v) is 6.11. The van der Waals surface area contributed by atoms with Crippen LogP contribution in [0.1, 0.15) is 17.0 Å². The van der Waals surface area contributed by atoms with Crippen molar-refractivity contribution in [1.29, 1.82) is 5.26 Å². The van der Waals surface area contributed by atoms with Crippen LogP contribution in [-0.4, -0.2) is 105 Å². The number of aromatic nitrogens is 11. The Kier molecular flexibility index (Phi) is 25.3. The van der Waals surface area contributed by atoms with Gasteiger partial charge in [0.25, 0.3) is 17.6 Å². The number of nitrogens with two attached hydrogens (primary N) is 2. The Bertz CT molecular complexity index is 3490. The van der Waals surface area contributed by atoms with E-state index in [0.29, 0.717) is 0 Å². The first kappa shape index (κ1) is 65.9. The van der Waals surface area contributed by atoms with Crippen LogP contribution in [0.25, 0.3) is 28.1 Å². The number of nitrogens with zero attached hydrogens (tertiary/aromatic N) is 17. The van der Waals surface area contributed by atoms with Crippen molar-refractivity contribution >= 4 is 81.8 Å². The molecule has 0 amide bonds. The molecule has 0 radical (unpaired) electrons. The van der Waals surface area contributed by atoms with E-state index >= 15 is 0 Å². The number of benzene rings is 2. The number of rotatable bonds is 10. The molecular formula is C31H18Li5N19O13S4. The van der Waals surface area contributed by atoms with Crippen molar-refractivity contribution in [2.24, 2.45) is 20.5 Å². The maximum absolute atomic E-state index is 12.8. The molecule has 7 aromatic rings. The van der Waals surface area contributed by atoms with E-state index in [0.717, 1.165) is 55.4 Å². The van der Waals surface area contributed by atoms with Gasteiger partial charge in [-0.1, -0.05) is 9.79 Å². The van der Waals surface area contributed by atoms with Crippen LogP contribution in [-0.2, 0) is 41.5 Å². The van der Waals surface area contributed by atoms with Crippen molar-refractivity contribution in [2.75, 3.05) is 11.5 Å². The number of azo groups is 2. The van der Waals surface area contributed by atoms with Crippen LogP contribution in [0, 0.1) is 43.9 Å². The molecule has 0 aliphatic carbocycles. The zero-order valence-electron chi connectivity index (χ0n) is 37.8. The predicted molar refractivity (Wildman–Crippen MR) is 211 cm³/mol. The molecule has 7 rings (SSSR count). The zero-order chi connectivity index (χ0) is 49.5. The summed E-state index contributed by atoms with van der Waals surface area (Å²) in [6, 6.07) is 12.5. The van der Waals surface area contributed by atoms with E-state index in [1.807, 2.05) is 6.07 Å². The van der Waals surface area contributed by atoms with Crippen LogP contribution in [0.5, 0.6) is 6.01 Å². The van der Waals surface area contributed by atoms with Crippen molar-refractivity contribution in [3.05, 3.63) is 89.3 Å². The van der Waals surface area contributed by atoms with Crippen molar-refractivity contribution < 1.29 is 151 Å². The number of hydrogen-bond acceptors (Lipinski definition) is 27. The van der Waals surface area contributed by atoms with E-state index in [1.165, 1.54) is 26.0 Å². The molecule has 0 fully saturated rings. The summed E-state index contributed by atoms with van der Waals surface area (Å²) in [5, 5.41) is 55.5. The minimum absolute atomic E-state index is 0. The molecule has 0 unspecified atom stereocenters. The third-order valence-corrected chi connectivity index (χ3v) is 9.48. The van der Waals surface area contributed by atoms with E-state index in [-0.39, 0.29) is 163 Å². The van der Waals surface area contributed by atoms with Crippen LogP contribution in [0.2, 0.25) is 0 Å². The summed E-state index contributed by atoms with van der Waals surface area (Å²) < 4.78 is 124. The summed E-state index contributed by atoms with van der Waals surface area (Å²) in [4.78, 5) is 14.0. The SMILES string of the molecule is O=S(=O)=O.O=S(=O)=O.[C-]#[N+]c1cnn(-c2c[c-]cc(S(=O)(=O)[O-])c2)c1N=Nc1c(C)nn(-c2nc([O-])nc(-n3nc(C)c(N=Nc4c(C#N)cnn4-c4c[c-]cc(S(=O)(=O)[O-])c4)c3N)n2)c1N.[Li+].[Li+].[Li+].[Li+].[Li+]. The minimum Gasteiger partial charge on any atom is -0.844 e. The Morgan fingerprint density at radius 1 is 0.667 bits per heavy atom. The monoisotopic (exact) mass is 1030 g/mol. The topological polar surface area (TPSA) is 479 Å². The van der Waals surface area contributed by atoms with Gasteiger partial charge in [-0.15, -0.1) is 57.8 Å². The van der Waals surface area contributed by atoms with Crippen molar-refractivity contribution in [1.82, 2.24) is 54.1 Å². The molecule has 0 bridgehead atoms. The Labute approximate surface area is 467 Å². The van der Waals surface area contributed by atoms with E-state index in [4.69, 9.17) is 43.3 Å². The molecular weight excluding hydrogens is 1010 g/mol. The molecule has 5 aromatic heterocycles. The summed E-state index contributed by atoms with van der Waals surface area (Å²) in [5.41, 5.74) is 12.8. The smallest absolute Gasteiger partial charge is 0.844 e. The van der Waals surface area contributed by atoms with Gasteiger partial charge in [0.05, 0.1) is 56.6 Å². The maximum atomic E-state index is 12.8. The van der Waals surface area contributed by atoms with Crippen LogP contribution >= 0.6 is 0 Å². The van der Waals surface area contributed by atoms with Gasteiger partial charge in [0.1, 0.15) is 11.6 Å². The third-order valence-electron chi connectivity index (χ3n) is 7.86. The molecule has 72 heavy (non-hydrogen) atoms. The molecule has 344 valence electrons. The van der Waals surface area contributed by atoms with E-state index < -0.39 is 69.2 Å². The molecule has 5 heterocycles. The van der Waals surface area contributed by atoms with Gasteiger partial charge in [0.2, 0.25) is 0 Å². The number of hydrogen-bond donors (Lipinski definition) is 2. The first-order valence-corrected chi connectivity index (χ1v) is 21.7. The van der Waals surface area contributed by atoms with Gasteiger partial charge in [-0.2, -0.15) is 76.4 Å². The van der Waals surface area contributed by atoms with Crippen LogP contribution in [0.15, 0.2) is 79.0 Å². The Morgan fingerprint density at radius 2 is 1.06 bits per heavy atom. The van der Waals surface area contributed by atoms with Gasteiger partial charge in [0, 0.05) is 0 Å². The van der Waals surface area contributed by atoms with Crippen molar-refractivity contribution in [3.63, 3.8) is 0 Å². The molecule has 0 aliphatic rings. The number of aryl methyl sites for hydroxylation is 2. The van der Waals surface area contributed by atoms with Crippen LogP contribution < -0.4 is 111 Å². The molecule has 41 heteroatoms. The van der Waals surface area contributed by atoms with Gasteiger partial charge < -0.3 is 25.7 Å². The van der Waals surface area contributed by atoms with Crippen LogP contribution in [0.3, 0.4) is 0 Å². The third kappa shape index (κ3) is 16.0. The Balaban J connectivity index is 0.00000361. The van der Waals surface area contributed by atoms with Crippen molar-refractivity contribution in [2.45, 2.75) is 23.6 Å². The fourth-order valence-electron chi connectivity index (χ4n) is 5.16. The largest absolute Gasteiger partial charge is 1.00 e. The maximum Gasteiger partial charge on any atom is 1.00 e. The molecule has 4 N–H and O–H groups in total. The number of nitrogen functional groups attached to an aromatic ring is 2. The number of nitriles is 1. The quantitative estimate of drug-likeness (QED) is 0.0556. The fraction of sp³-hybridized carbons (Fsp3) is 0.0645. The van der Waals surface area contributed by atoms with E-state index in [2.05, 4.69) is 72.8 Å². The zero-order valence-corrected chi connectivity index (χ0v) is 41.1. The Morgan fingerprint density at radius 3 is 1.44 bits per heavy atom. The molecule has 0 saturated heterocycles. The van der Waals surface area contributed by atoms with E-state index in [9.17, 15) is 36.3 Å². The molecule has 0 atom stereocenters. The Hall–Kier alpha value is -6.08. The first-order chi connectivity index (χ1) is 31.4. The second kappa shape index (κ2) is 27.7.